The smallest absolute Gasteiger partial charge is 0.321 e. The van der Waals surface area contributed by atoms with Crippen molar-refractivity contribution in [3.63, 3.8) is 0 Å². The maximum absolute atomic E-state index is 13.3. The van der Waals surface area contributed by atoms with E-state index in [9.17, 15) is 9.59 Å². The van der Waals surface area contributed by atoms with Gasteiger partial charge in [0.25, 0.3) is 0 Å². The van der Waals surface area contributed by atoms with E-state index < -0.39 is 0 Å². The summed E-state index contributed by atoms with van der Waals surface area (Å²) in [5, 5.41) is 6.19. The van der Waals surface area contributed by atoms with Gasteiger partial charge >= 0.3 is 6.03 Å². The van der Waals surface area contributed by atoms with Gasteiger partial charge in [-0.05, 0) is 66.8 Å². The first-order valence-corrected chi connectivity index (χ1v) is 12.2. The summed E-state index contributed by atoms with van der Waals surface area (Å²) in [6, 6.07) is 24.8. The minimum atomic E-state index is -0.184. The Morgan fingerprint density at radius 1 is 0.861 bits per heavy atom. The molecule has 4 rings (SSSR count). The van der Waals surface area contributed by atoms with Crippen molar-refractivity contribution in [2.24, 2.45) is 5.92 Å². The summed E-state index contributed by atoms with van der Waals surface area (Å²) in [7, 11) is 3.28. The van der Waals surface area contributed by atoms with Crippen molar-refractivity contribution >= 4 is 17.6 Å². The number of methoxy groups -OCH3 is 2. The molecule has 0 unspecified atom stereocenters. The van der Waals surface area contributed by atoms with Crippen molar-refractivity contribution < 1.29 is 19.1 Å². The lowest BCUT2D eigenvalue weighted by atomic mass is 9.93. The zero-order valence-electron chi connectivity index (χ0n) is 20.8. The SMILES string of the molecule is COc1ccc(C[C@H](NC(=O)C2CCN(C(=O)Nc3ccccc3)CC2)c2ccc(OC)cc2)cc1. The van der Waals surface area contributed by atoms with Gasteiger partial charge in [-0.2, -0.15) is 0 Å². The van der Waals surface area contributed by atoms with Crippen molar-refractivity contribution in [3.8, 4) is 11.5 Å². The van der Waals surface area contributed by atoms with Crippen molar-refractivity contribution in [1.82, 2.24) is 10.2 Å². The third-order valence-electron chi connectivity index (χ3n) is 6.61. The number of benzene rings is 3. The number of likely N-dealkylation sites (tertiary alicyclic amines) is 1. The summed E-state index contributed by atoms with van der Waals surface area (Å²) in [6.45, 7) is 1.09. The van der Waals surface area contributed by atoms with Crippen LogP contribution in [0.4, 0.5) is 10.5 Å². The third kappa shape index (κ3) is 6.56. The quantitative estimate of drug-likeness (QED) is 0.466. The van der Waals surface area contributed by atoms with E-state index in [1.807, 2.05) is 78.9 Å². The molecule has 188 valence electrons. The summed E-state index contributed by atoms with van der Waals surface area (Å²) in [6.07, 6.45) is 1.91. The lowest BCUT2D eigenvalue weighted by Gasteiger charge is -2.32. The fraction of sp³-hybridized carbons (Fsp3) is 0.310. The van der Waals surface area contributed by atoms with Crippen LogP contribution < -0.4 is 20.1 Å². The van der Waals surface area contributed by atoms with Crippen molar-refractivity contribution in [3.05, 3.63) is 90.0 Å². The van der Waals surface area contributed by atoms with Crippen molar-refractivity contribution in [1.29, 1.82) is 0 Å². The highest BCUT2D eigenvalue weighted by Gasteiger charge is 2.29. The Balaban J connectivity index is 1.38. The largest absolute Gasteiger partial charge is 0.497 e. The number of carbonyl (C=O) groups is 2. The molecule has 0 aromatic heterocycles. The molecule has 3 aromatic rings. The first-order valence-electron chi connectivity index (χ1n) is 12.2. The summed E-state index contributed by atoms with van der Waals surface area (Å²) in [5.41, 5.74) is 2.88. The lowest BCUT2D eigenvalue weighted by molar-refractivity contribution is -0.127. The van der Waals surface area contributed by atoms with Gasteiger partial charge in [0, 0.05) is 24.7 Å². The van der Waals surface area contributed by atoms with E-state index in [0.717, 1.165) is 28.3 Å². The normalized spacial score (nSPS) is 14.6. The summed E-state index contributed by atoms with van der Waals surface area (Å²) in [5.74, 6) is 1.45. The number of ether oxygens (including phenoxy) is 2. The van der Waals surface area contributed by atoms with Crippen LogP contribution in [0.15, 0.2) is 78.9 Å². The molecule has 36 heavy (non-hydrogen) atoms. The summed E-state index contributed by atoms with van der Waals surface area (Å²) >= 11 is 0. The number of hydrogen-bond donors (Lipinski definition) is 2. The van der Waals surface area contributed by atoms with Crippen LogP contribution in [0.2, 0.25) is 0 Å². The molecular formula is C29H33N3O4. The number of nitrogens with zero attached hydrogens (tertiary/aromatic N) is 1. The van der Waals surface area contributed by atoms with Crippen LogP contribution in [0.3, 0.4) is 0 Å². The van der Waals surface area contributed by atoms with E-state index in [-0.39, 0.29) is 23.9 Å². The van der Waals surface area contributed by atoms with E-state index >= 15 is 0 Å². The number of amides is 3. The van der Waals surface area contributed by atoms with Crippen LogP contribution in [-0.4, -0.2) is 44.1 Å². The molecule has 1 atom stereocenters. The second-order valence-corrected chi connectivity index (χ2v) is 8.94. The van der Waals surface area contributed by atoms with Gasteiger partial charge < -0.3 is 25.0 Å². The van der Waals surface area contributed by atoms with Crippen LogP contribution in [-0.2, 0) is 11.2 Å². The highest BCUT2D eigenvalue weighted by Crippen LogP contribution is 2.25. The molecule has 1 saturated heterocycles. The average Bonchev–Trinajstić information content (AvgIpc) is 2.93. The minimum absolute atomic E-state index is 0.0208. The molecule has 7 heteroatoms. The van der Waals surface area contributed by atoms with Crippen LogP contribution in [0.1, 0.15) is 30.0 Å². The molecule has 0 aliphatic carbocycles. The second-order valence-electron chi connectivity index (χ2n) is 8.94. The van der Waals surface area contributed by atoms with Gasteiger partial charge in [-0.3, -0.25) is 4.79 Å². The Hall–Kier alpha value is -4.00. The van der Waals surface area contributed by atoms with E-state index in [4.69, 9.17) is 9.47 Å². The molecule has 1 aliphatic heterocycles. The number of para-hydroxylation sites is 1. The standard InChI is InChI=1S/C29H33N3O4/c1-35-25-12-8-21(9-13-25)20-27(22-10-14-26(36-2)15-11-22)31-28(33)23-16-18-32(19-17-23)29(34)30-24-6-4-3-5-7-24/h3-15,23,27H,16-20H2,1-2H3,(H,30,34)(H,31,33)/t27-/m0/s1. The van der Waals surface area contributed by atoms with Gasteiger partial charge in [0.15, 0.2) is 0 Å². The Kier molecular flexibility index (Phi) is 8.44. The van der Waals surface area contributed by atoms with Gasteiger partial charge in [0.05, 0.1) is 20.3 Å². The summed E-state index contributed by atoms with van der Waals surface area (Å²) < 4.78 is 10.6. The van der Waals surface area contributed by atoms with Crippen molar-refractivity contribution in [2.75, 3.05) is 32.6 Å². The predicted octanol–water partition coefficient (Wildman–Crippen LogP) is 5.05. The zero-order valence-corrected chi connectivity index (χ0v) is 20.8. The number of urea groups is 1. The average molecular weight is 488 g/mol. The van der Waals surface area contributed by atoms with Crippen molar-refractivity contribution in [2.45, 2.75) is 25.3 Å². The van der Waals surface area contributed by atoms with E-state index in [2.05, 4.69) is 10.6 Å². The maximum atomic E-state index is 13.3. The van der Waals surface area contributed by atoms with E-state index in [1.165, 1.54) is 0 Å². The number of nitrogens with one attached hydrogen (secondary N) is 2. The third-order valence-corrected chi connectivity index (χ3v) is 6.61. The molecule has 1 aliphatic rings. The van der Waals surface area contributed by atoms with E-state index in [1.54, 1.807) is 19.1 Å². The van der Waals surface area contributed by atoms with Gasteiger partial charge in [0.1, 0.15) is 11.5 Å². The fourth-order valence-corrected chi connectivity index (χ4v) is 4.44. The molecular weight excluding hydrogens is 454 g/mol. The zero-order chi connectivity index (χ0) is 25.3. The first kappa shape index (κ1) is 25.1. The Morgan fingerprint density at radius 3 is 2.03 bits per heavy atom. The minimum Gasteiger partial charge on any atom is -0.497 e. The summed E-state index contributed by atoms with van der Waals surface area (Å²) in [4.78, 5) is 27.7. The molecule has 7 nitrogen and oxygen atoms in total. The van der Waals surface area contributed by atoms with Gasteiger partial charge in [-0.1, -0.05) is 42.5 Å². The number of carbonyl (C=O) groups excluding carboxylic acids is 2. The Bertz CT molecular complexity index is 1130. The van der Waals surface area contributed by atoms with Crippen LogP contribution in [0, 0.1) is 5.92 Å². The fourth-order valence-electron chi connectivity index (χ4n) is 4.44. The van der Waals surface area contributed by atoms with E-state index in [0.29, 0.717) is 32.4 Å². The molecule has 1 heterocycles. The van der Waals surface area contributed by atoms with Gasteiger partial charge in [0.2, 0.25) is 5.91 Å². The monoisotopic (exact) mass is 487 g/mol. The Labute approximate surface area is 212 Å². The molecule has 2 N–H and O–H groups in total. The molecule has 1 fully saturated rings. The second kappa shape index (κ2) is 12.1. The van der Waals surface area contributed by atoms with Crippen LogP contribution >= 0.6 is 0 Å². The van der Waals surface area contributed by atoms with Crippen LogP contribution in [0.25, 0.3) is 0 Å². The molecule has 0 saturated carbocycles. The lowest BCUT2D eigenvalue weighted by Crippen LogP contribution is -2.45. The highest BCUT2D eigenvalue weighted by molar-refractivity contribution is 5.89. The molecule has 0 spiro atoms. The Morgan fingerprint density at radius 2 is 1.44 bits per heavy atom. The molecule has 0 radical (unpaired) electrons. The number of rotatable bonds is 8. The first-order chi connectivity index (χ1) is 17.6. The maximum Gasteiger partial charge on any atom is 0.321 e. The van der Waals surface area contributed by atoms with Gasteiger partial charge in [-0.15, -0.1) is 0 Å². The van der Waals surface area contributed by atoms with Gasteiger partial charge in [-0.25, -0.2) is 4.79 Å². The molecule has 3 amide bonds. The number of piperidine rings is 1. The molecule has 3 aromatic carbocycles. The molecule has 0 bridgehead atoms. The topological polar surface area (TPSA) is 79.9 Å². The highest BCUT2D eigenvalue weighted by atomic mass is 16.5. The number of anilines is 1. The predicted molar refractivity (Wildman–Crippen MR) is 140 cm³/mol. The van der Waals surface area contributed by atoms with Crippen LogP contribution in [0.5, 0.6) is 11.5 Å². The number of hydrogen-bond acceptors (Lipinski definition) is 4.